The Morgan fingerprint density at radius 1 is 1.03 bits per heavy atom. The van der Waals surface area contributed by atoms with Gasteiger partial charge in [-0.3, -0.25) is 14.4 Å². The van der Waals surface area contributed by atoms with Gasteiger partial charge in [0.05, 0.1) is 0 Å². The van der Waals surface area contributed by atoms with Crippen molar-refractivity contribution < 1.29 is 19.5 Å². The lowest BCUT2D eigenvalue weighted by Crippen LogP contribution is -2.52. The van der Waals surface area contributed by atoms with Gasteiger partial charge in [0, 0.05) is 47.8 Å². The summed E-state index contributed by atoms with van der Waals surface area (Å²) in [5, 5.41) is 14.9. The molecule has 6 heteroatoms. The predicted octanol–water partition coefficient (Wildman–Crippen LogP) is 4.85. The summed E-state index contributed by atoms with van der Waals surface area (Å²) in [6.07, 6.45) is 10.0. The average Bonchev–Trinajstić information content (AvgIpc) is 3.43. The third-order valence-corrected chi connectivity index (χ3v) is 9.19. The minimum Gasteiger partial charge on any atom is -0.381 e. The molecule has 2 heterocycles. The first-order valence-corrected chi connectivity index (χ1v) is 13.8. The molecule has 0 saturated carbocycles. The maximum Gasteiger partial charge on any atom is 0.235 e. The maximum atomic E-state index is 14.2. The molecule has 3 aliphatic rings. The third-order valence-electron chi connectivity index (χ3n) is 9.19. The summed E-state index contributed by atoms with van der Waals surface area (Å²) in [5.74, 6) is -1.34. The van der Waals surface area contributed by atoms with Crippen molar-refractivity contribution in [2.75, 3.05) is 0 Å². The topological polar surface area (TPSA) is 99.3 Å². The molecule has 1 amide bonds. The lowest BCUT2D eigenvalue weighted by molar-refractivity contribution is -0.146. The summed E-state index contributed by atoms with van der Waals surface area (Å²) >= 11 is 0. The van der Waals surface area contributed by atoms with E-state index in [-0.39, 0.29) is 60.0 Å². The molecule has 1 fully saturated rings. The number of para-hydroxylation sites is 1. The quantitative estimate of drug-likeness (QED) is 0.394. The minimum absolute atomic E-state index is 0.0116. The zero-order valence-corrected chi connectivity index (χ0v) is 22.7. The smallest absolute Gasteiger partial charge is 0.235 e. The molecule has 2 aromatic rings. The van der Waals surface area contributed by atoms with Crippen LogP contribution in [0.2, 0.25) is 0 Å². The number of benzene rings is 1. The summed E-state index contributed by atoms with van der Waals surface area (Å²) in [7, 11) is 0. The van der Waals surface area contributed by atoms with Crippen molar-refractivity contribution in [3.05, 3.63) is 71.5 Å². The van der Waals surface area contributed by atoms with E-state index in [2.05, 4.69) is 42.4 Å². The molecule has 0 radical (unpaired) electrons. The van der Waals surface area contributed by atoms with Crippen molar-refractivity contribution in [1.29, 1.82) is 0 Å². The first-order chi connectivity index (χ1) is 18.1. The number of carbonyl (C=O) groups is 3. The van der Waals surface area contributed by atoms with Crippen LogP contribution in [0.25, 0.3) is 10.9 Å². The van der Waals surface area contributed by atoms with Gasteiger partial charge in [0.15, 0.2) is 5.78 Å². The molecule has 0 unspecified atom stereocenters. The molecule has 1 aliphatic heterocycles. The number of aliphatic hydroxyl groups is 1. The standard InChI is InChI=1S/C32H38N2O4/c1-18-8-7-9-23-15-19(2)21(4)29-26(16-22-17-33-25-11-6-5-10-24(22)25)34-31(38)32(23,29)28(36)13-12-27(35)30(37)20(3)14-18/h5-7,9-11,14-15,17-18,21,23,26,29-30,33,37H,8,12-13,16H2,1-4H3,(H,34,38)/b9-7+,20-14+/t18-,21+,23-,26+,29-,30+,32+/m0/s1. The Labute approximate surface area is 224 Å². The zero-order chi connectivity index (χ0) is 27.2. The predicted molar refractivity (Wildman–Crippen MR) is 148 cm³/mol. The lowest BCUT2D eigenvalue weighted by atomic mass is 9.54. The molecular weight excluding hydrogens is 476 g/mol. The van der Waals surface area contributed by atoms with Crippen molar-refractivity contribution in [2.45, 2.75) is 65.5 Å². The van der Waals surface area contributed by atoms with Gasteiger partial charge in [0.2, 0.25) is 5.91 Å². The highest BCUT2D eigenvalue weighted by molar-refractivity contribution is 6.10. The monoisotopic (exact) mass is 514 g/mol. The Morgan fingerprint density at radius 3 is 2.58 bits per heavy atom. The first-order valence-electron chi connectivity index (χ1n) is 13.8. The molecular formula is C32H38N2O4. The Balaban J connectivity index is 1.58. The van der Waals surface area contributed by atoms with Gasteiger partial charge in [-0.05, 0) is 55.7 Å². The van der Waals surface area contributed by atoms with E-state index in [9.17, 15) is 19.5 Å². The van der Waals surface area contributed by atoms with Gasteiger partial charge < -0.3 is 15.4 Å². The van der Waals surface area contributed by atoms with E-state index in [4.69, 9.17) is 0 Å². The summed E-state index contributed by atoms with van der Waals surface area (Å²) in [6.45, 7) is 8.00. The van der Waals surface area contributed by atoms with E-state index >= 15 is 0 Å². The number of ketones is 2. The number of Topliss-reactive ketones (excluding diaryl/α,β-unsaturated/α-hetero) is 2. The summed E-state index contributed by atoms with van der Waals surface area (Å²) in [5.41, 5.74) is 2.66. The molecule has 2 aliphatic carbocycles. The highest BCUT2D eigenvalue weighted by Crippen LogP contribution is 2.55. The molecule has 6 nitrogen and oxygen atoms in total. The van der Waals surface area contributed by atoms with E-state index in [1.807, 2.05) is 43.5 Å². The number of aliphatic hydroxyl groups excluding tert-OH is 1. The second-order valence-electron chi connectivity index (χ2n) is 11.6. The van der Waals surface area contributed by atoms with E-state index in [1.54, 1.807) is 6.92 Å². The number of hydrogen-bond donors (Lipinski definition) is 3. The number of aromatic amines is 1. The molecule has 1 aromatic heterocycles. The second-order valence-corrected chi connectivity index (χ2v) is 11.6. The summed E-state index contributed by atoms with van der Waals surface area (Å²) < 4.78 is 0. The van der Waals surface area contributed by atoms with E-state index in [0.29, 0.717) is 18.4 Å². The summed E-state index contributed by atoms with van der Waals surface area (Å²) in [4.78, 5) is 44.4. The molecule has 0 bridgehead atoms. The van der Waals surface area contributed by atoms with Crippen LogP contribution in [0.3, 0.4) is 0 Å². The van der Waals surface area contributed by atoms with Crippen LogP contribution < -0.4 is 5.32 Å². The molecule has 38 heavy (non-hydrogen) atoms. The molecule has 7 atom stereocenters. The summed E-state index contributed by atoms with van der Waals surface area (Å²) in [6, 6.07) is 7.89. The Hall–Kier alpha value is -3.25. The average molecular weight is 515 g/mol. The third kappa shape index (κ3) is 4.29. The number of carbonyl (C=O) groups excluding carboxylic acids is 3. The van der Waals surface area contributed by atoms with Crippen LogP contribution in [-0.2, 0) is 20.8 Å². The highest BCUT2D eigenvalue weighted by Gasteiger charge is 2.65. The van der Waals surface area contributed by atoms with Gasteiger partial charge in [-0.2, -0.15) is 0 Å². The second kappa shape index (κ2) is 10.1. The molecule has 200 valence electrons. The number of rotatable bonds is 2. The van der Waals surface area contributed by atoms with Gasteiger partial charge in [-0.15, -0.1) is 0 Å². The normalized spacial score (nSPS) is 36.6. The van der Waals surface area contributed by atoms with Crippen LogP contribution in [-0.4, -0.2) is 39.7 Å². The molecule has 1 saturated heterocycles. The van der Waals surface area contributed by atoms with E-state index < -0.39 is 11.5 Å². The van der Waals surface area contributed by atoms with Gasteiger partial charge in [0.25, 0.3) is 0 Å². The number of nitrogens with one attached hydrogen (secondary N) is 2. The van der Waals surface area contributed by atoms with Crippen molar-refractivity contribution in [1.82, 2.24) is 10.3 Å². The fourth-order valence-corrected chi connectivity index (χ4v) is 7.12. The highest BCUT2D eigenvalue weighted by atomic mass is 16.3. The van der Waals surface area contributed by atoms with Crippen LogP contribution in [0.15, 0.2) is 65.9 Å². The largest absolute Gasteiger partial charge is 0.381 e. The van der Waals surface area contributed by atoms with Crippen molar-refractivity contribution >= 4 is 28.4 Å². The van der Waals surface area contributed by atoms with E-state index in [1.165, 1.54) is 5.57 Å². The fourth-order valence-electron chi connectivity index (χ4n) is 7.12. The van der Waals surface area contributed by atoms with Crippen LogP contribution in [0.4, 0.5) is 0 Å². The minimum atomic E-state index is -1.28. The number of fused-ring (bicyclic) bond motifs is 1. The van der Waals surface area contributed by atoms with E-state index in [0.717, 1.165) is 16.5 Å². The van der Waals surface area contributed by atoms with Gasteiger partial charge in [-0.1, -0.05) is 61.9 Å². The molecule has 3 N–H and O–H groups in total. The van der Waals surface area contributed by atoms with Crippen LogP contribution in [0, 0.1) is 29.1 Å². The SMILES string of the molecule is CC1=C[C@@H]2/C=C/C[C@H](C)/C=C(\C)[C@@H](O)C(=O)CCC(=O)[C@]23C(=O)N[C@H](Cc2c[nH]c4ccccc24)[C@@H]3[C@@H]1C. The Bertz CT molecular complexity index is 1360. The fraction of sp³-hybridized carbons (Fsp3) is 0.469. The van der Waals surface area contributed by atoms with Crippen LogP contribution in [0.1, 0.15) is 52.5 Å². The van der Waals surface area contributed by atoms with Crippen molar-refractivity contribution in [2.24, 2.45) is 29.1 Å². The number of aromatic nitrogens is 1. The molecule has 1 spiro atoms. The van der Waals surface area contributed by atoms with Gasteiger partial charge >= 0.3 is 0 Å². The number of amides is 1. The molecule has 1 aromatic carbocycles. The van der Waals surface area contributed by atoms with Crippen molar-refractivity contribution in [3.63, 3.8) is 0 Å². The Morgan fingerprint density at radius 2 is 1.79 bits per heavy atom. The number of H-pyrrole nitrogens is 1. The number of allylic oxidation sites excluding steroid dienone is 5. The maximum absolute atomic E-state index is 14.2. The lowest BCUT2D eigenvalue weighted by Gasteiger charge is -2.44. The number of hydrogen-bond acceptors (Lipinski definition) is 4. The van der Waals surface area contributed by atoms with Gasteiger partial charge in [-0.25, -0.2) is 0 Å². The van der Waals surface area contributed by atoms with Crippen LogP contribution >= 0.6 is 0 Å². The van der Waals surface area contributed by atoms with Gasteiger partial charge in [0.1, 0.15) is 17.3 Å². The Kier molecular flexibility index (Phi) is 7.03. The molecule has 5 rings (SSSR count). The zero-order valence-electron chi connectivity index (χ0n) is 22.7. The van der Waals surface area contributed by atoms with Crippen LogP contribution in [0.5, 0.6) is 0 Å². The first kappa shape index (κ1) is 26.4. The van der Waals surface area contributed by atoms with Crippen molar-refractivity contribution in [3.8, 4) is 0 Å².